The second-order valence-corrected chi connectivity index (χ2v) is 5.33. The van der Waals surface area contributed by atoms with E-state index in [2.05, 4.69) is 61.3 Å². The molecule has 0 radical (unpaired) electrons. The molecule has 112 valence electrons. The first-order valence-electron chi connectivity index (χ1n) is 7.23. The third-order valence-corrected chi connectivity index (χ3v) is 3.85. The smallest absolute Gasteiger partial charge is 0.0716 e. The highest BCUT2D eigenvalue weighted by Gasteiger charge is 2.18. The minimum atomic E-state index is 0.138. The van der Waals surface area contributed by atoms with Crippen LogP contribution in [0.3, 0.4) is 0 Å². The van der Waals surface area contributed by atoms with Crippen LogP contribution in [0.15, 0.2) is 48.5 Å². The first-order valence-corrected chi connectivity index (χ1v) is 7.23. The molecule has 21 heavy (non-hydrogen) atoms. The summed E-state index contributed by atoms with van der Waals surface area (Å²) in [5, 5.41) is 0. The van der Waals surface area contributed by atoms with Gasteiger partial charge in [-0.15, -0.1) is 0 Å². The van der Waals surface area contributed by atoms with Gasteiger partial charge in [0.1, 0.15) is 0 Å². The number of methoxy groups -OCH3 is 1. The van der Waals surface area contributed by atoms with Crippen LogP contribution in [0.25, 0.3) is 0 Å². The molecule has 0 aromatic heterocycles. The number of hydrogen-bond donors (Lipinski definition) is 1. The van der Waals surface area contributed by atoms with Crippen LogP contribution in [-0.2, 0) is 11.3 Å². The number of anilines is 1. The van der Waals surface area contributed by atoms with Crippen LogP contribution < -0.4 is 10.6 Å². The van der Waals surface area contributed by atoms with E-state index in [1.807, 2.05) is 6.07 Å². The molecule has 0 aliphatic carbocycles. The lowest BCUT2D eigenvalue weighted by Crippen LogP contribution is -2.31. The number of ether oxygens (including phenoxy) is 1. The largest absolute Gasteiger partial charge is 0.380 e. The Balaban J connectivity index is 2.32. The van der Waals surface area contributed by atoms with Crippen molar-refractivity contribution in [2.45, 2.75) is 19.6 Å². The van der Waals surface area contributed by atoms with E-state index in [4.69, 9.17) is 10.5 Å². The molecule has 2 rings (SSSR count). The van der Waals surface area contributed by atoms with Gasteiger partial charge < -0.3 is 15.4 Å². The van der Waals surface area contributed by atoms with Crippen molar-refractivity contribution in [2.24, 2.45) is 5.73 Å². The number of likely N-dealkylation sites (N-methyl/N-ethyl adjacent to an activating group) is 1. The highest BCUT2D eigenvalue weighted by molar-refractivity contribution is 5.50. The zero-order valence-corrected chi connectivity index (χ0v) is 13.0. The Labute approximate surface area is 127 Å². The fourth-order valence-corrected chi connectivity index (χ4v) is 2.60. The summed E-state index contributed by atoms with van der Waals surface area (Å²) in [6.45, 7) is 3.26. The highest BCUT2D eigenvalue weighted by Crippen LogP contribution is 2.27. The molecule has 3 heteroatoms. The van der Waals surface area contributed by atoms with Gasteiger partial charge in [0.25, 0.3) is 0 Å². The minimum absolute atomic E-state index is 0.138. The summed E-state index contributed by atoms with van der Waals surface area (Å²) >= 11 is 0. The van der Waals surface area contributed by atoms with Gasteiger partial charge in [0.05, 0.1) is 12.6 Å². The molecule has 0 saturated carbocycles. The number of aryl methyl sites for hydroxylation is 1. The molecular weight excluding hydrogens is 260 g/mol. The number of nitrogens with zero attached hydrogens (tertiary/aromatic N) is 1. The molecule has 1 unspecified atom stereocenters. The van der Waals surface area contributed by atoms with Gasteiger partial charge in [0, 0.05) is 26.4 Å². The van der Waals surface area contributed by atoms with Crippen LogP contribution >= 0.6 is 0 Å². The highest BCUT2D eigenvalue weighted by atomic mass is 16.5. The van der Waals surface area contributed by atoms with Gasteiger partial charge >= 0.3 is 0 Å². The fraction of sp³-hybridized carbons (Fsp3) is 0.333. The van der Waals surface area contributed by atoms with E-state index in [-0.39, 0.29) is 6.04 Å². The van der Waals surface area contributed by atoms with Crippen molar-refractivity contribution in [3.8, 4) is 0 Å². The quantitative estimate of drug-likeness (QED) is 0.884. The Morgan fingerprint density at radius 3 is 2.38 bits per heavy atom. The van der Waals surface area contributed by atoms with E-state index in [9.17, 15) is 0 Å². The summed E-state index contributed by atoms with van der Waals surface area (Å²) in [6.07, 6.45) is 0. The molecule has 2 aromatic rings. The van der Waals surface area contributed by atoms with Crippen molar-refractivity contribution in [1.29, 1.82) is 0 Å². The van der Waals surface area contributed by atoms with Gasteiger partial charge in [-0.25, -0.2) is 0 Å². The van der Waals surface area contributed by atoms with Crippen LogP contribution in [0, 0.1) is 6.92 Å². The van der Waals surface area contributed by atoms with Gasteiger partial charge in [-0.05, 0) is 30.2 Å². The van der Waals surface area contributed by atoms with Gasteiger partial charge in [-0.1, -0.05) is 42.0 Å². The maximum absolute atomic E-state index is 6.06. The number of benzene rings is 2. The first-order chi connectivity index (χ1) is 10.2. The Hall–Kier alpha value is -1.84. The van der Waals surface area contributed by atoms with Gasteiger partial charge in [0.15, 0.2) is 0 Å². The van der Waals surface area contributed by atoms with Crippen molar-refractivity contribution in [2.75, 3.05) is 25.6 Å². The molecule has 0 saturated heterocycles. The minimum Gasteiger partial charge on any atom is -0.380 e. The Bertz CT molecular complexity index is 566. The summed E-state index contributed by atoms with van der Waals surface area (Å²) in [6, 6.07) is 17.0. The second kappa shape index (κ2) is 7.25. The van der Waals surface area contributed by atoms with E-state index >= 15 is 0 Å². The van der Waals surface area contributed by atoms with E-state index in [1.165, 1.54) is 22.4 Å². The lowest BCUT2D eigenvalue weighted by molar-refractivity contribution is 0.183. The summed E-state index contributed by atoms with van der Waals surface area (Å²) in [5.41, 5.74) is 10.9. The van der Waals surface area contributed by atoms with Gasteiger partial charge in [-0.3, -0.25) is 0 Å². The fourth-order valence-electron chi connectivity index (χ4n) is 2.60. The normalized spacial score (nSPS) is 12.2. The SMILES string of the molecule is COCc1ccccc1C(CN)N(C)c1ccc(C)cc1. The molecule has 0 aliphatic heterocycles. The zero-order valence-electron chi connectivity index (χ0n) is 13.0. The molecular formula is C18H24N2O. The molecule has 2 aromatic carbocycles. The Morgan fingerprint density at radius 1 is 1.10 bits per heavy atom. The third kappa shape index (κ3) is 3.63. The van der Waals surface area contributed by atoms with Crippen LogP contribution in [0.4, 0.5) is 5.69 Å². The number of hydrogen-bond acceptors (Lipinski definition) is 3. The zero-order chi connectivity index (χ0) is 15.2. The maximum Gasteiger partial charge on any atom is 0.0716 e. The molecule has 0 heterocycles. The average Bonchev–Trinajstić information content (AvgIpc) is 2.50. The Morgan fingerprint density at radius 2 is 1.76 bits per heavy atom. The molecule has 1 atom stereocenters. The predicted octanol–water partition coefficient (Wildman–Crippen LogP) is 3.28. The van der Waals surface area contributed by atoms with E-state index in [1.54, 1.807) is 7.11 Å². The standard InChI is InChI=1S/C18H24N2O/c1-14-8-10-16(11-9-14)20(2)18(12-19)17-7-5-4-6-15(17)13-21-3/h4-11,18H,12-13,19H2,1-3H3. The van der Waals surface area contributed by atoms with Crippen molar-refractivity contribution >= 4 is 5.69 Å². The molecule has 3 nitrogen and oxygen atoms in total. The molecule has 0 bridgehead atoms. The van der Waals surface area contributed by atoms with Crippen molar-refractivity contribution in [3.05, 3.63) is 65.2 Å². The monoisotopic (exact) mass is 284 g/mol. The third-order valence-electron chi connectivity index (χ3n) is 3.85. The molecule has 0 amide bonds. The number of rotatable bonds is 6. The molecule has 0 aliphatic rings. The van der Waals surface area contributed by atoms with Crippen LogP contribution in [0.1, 0.15) is 22.7 Å². The Kier molecular flexibility index (Phi) is 5.37. The maximum atomic E-state index is 6.06. The summed E-state index contributed by atoms with van der Waals surface area (Å²) in [4.78, 5) is 2.23. The summed E-state index contributed by atoms with van der Waals surface area (Å²) in [7, 11) is 3.81. The van der Waals surface area contributed by atoms with Crippen molar-refractivity contribution < 1.29 is 4.74 Å². The first kappa shape index (κ1) is 15.5. The van der Waals surface area contributed by atoms with Crippen LogP contribution in [0.2, 0.25) is 0 Å². The van der Waals surface area contributed by atoms with Crippen molar-refractivity contribution in [3.63, 3.8) is 0 Å². The lowest BCUT2D eigenvalue weighted by atomic mass is 9.99. The summed E-state index contributed by atoms with van der Waals surface area (Å²) in [5.74, 6) is 0. The van der Waals surface area contributed by atoms with Crippen LogP contribution in [0.5, 0.6) is 0 Å². The molecule has 2 N–H and O–H groups in total. The second-order valence-electron chi connectivity index (χ2n) is 5.33. The predicted molar refractivity (Wildman–Crippen MR) is 88.5 cm³/mol. The molecule has 0 spiro atoms. The van der Waals surface area contributed by atoms with E-state index in [0.717, 1.165) is 0 Å². The number of nitrogens with two attached hydrogens (primary N) is 1. The van der Waals surface area contributed by atoms with Crippen LogP contribution in [-0.4, -0.2) is 20.7 Å². The van der Waals surface area contributed by atoms with Gasteiger partial charge in [0.2, 0.25) is 0 Å². The van der Waals surface area contributed by atoms with E-state index < -0.39 is 0 Å². The van der Waals surface area contributed by atoms with Crippen molar-refractivity contribution in [1.82, 2.24) is 0 Å². The van der Waals surface area contributed by atoms with E-state index in [0.29, 0.717) is 13.2 Å². The lowest BCUT2D eigenvalue weighted by Gasteiger charge is -2.31. The summed E-state index contributed by atoms with van der Waals surface area (Å²) < 4.78 is 5.31. The average molecular weight is 284 g/mol. The van der Waals surface area contributed by atoms with Gasteiger partial charge in [-0.2, -0.15) is 0 Å². The molecule has 0 fully saturated rings. The topological polar surface area (TPSA) is 38.5 Å².